The molecule has 0 atom stereocenters. The van der Waals surface area contributed by atoms with Crippen molar-refractivity contribution in [2.24, 2.45) is 0 Å². The van der Waals surface area contributed by atoms with E-state index in [1.54, 1.807) is 23.2 Å². The molecule has 1 amide bonds. The van der Waals surface area contributed by atoms with E-state index < -0.39 is 5.97 Å². The highest BCUT2D eigenvalue weighted by molar-refractivity contribution is 8.27. The van der Waals surface area contributed by atoms with Crippen molar-refractivity contribution in [3.05, 3.63) is 101 Å². The molecule has 5 rings (SSSR count). The van der Waals surface area contributed by atoms with E-state index in [2.05, 4.69) is 4.98 Å². The van der Waals surface area contributed by atoms with Gasteiger partial charge in [0.15, 0.2) is 4.32 Å². The number of nitrogens with zero attached hydrogens (tertiary/aromatic N) is 4. The number of carbonyl (C=O) groups is 2. The van der Waals surface area contributed by atoms with Gasteiger partial charge in [-0.2, -0.15) is 5.10 Å². The third kappa shape index (κ3) is 4.14. The summed E-state index contributed by atoms with van der Waals surface area (Å²) in [6.45, 7) is 0. The molecule has 4 aromatic rings. The van der Waals surface area contributed by atoms with E-state index in [9.17, 15) is 14.7 Å². The van der Waals surface area contributed by atoms with Crippen molar-refractivity contribution in [2.75, 3.05) is 4.90 Å². The Hall–Kier alpha value is -4.08. The number of rotatable bonds is 5. The average molecular weight is 484 g/mol. The highest BCUT2D eigenvalue weighted by Gasteiger charge is 2.33. The van der Waals surface area contributed by atoms with E-state index in [1.165, 1.54) is 40.9 Å². The first-order valence-corrected chi connectivity index (χ1v) is 11.4. The fourth-order valence-corrected chi connectivity index (χ4v) is 4.80. The van der Waals surface area contributed by atoms with Crippen LogP contribution in [0.25, 0.3) is 23.0 Å². The van der Waals surface area contributed by atoms with Gasteiger partial charge in [-0.3, -0.25) is 14.7 Å². The van der Waals surface area contributed by atoms with Crippen LogP contribution in [0.15, 0.2) is 90.2 Å². The molecule has 0 unspecified atom stereocenters. The average Bonchev–Trinajstić information content (AvgIpc) is 3.41. The summed E-state index contributed by atoms with van der Waals surface area (Å²) < 4.78 is 2.11. The zero-order chi connectivity index (χ0) is 23.7. The molecule has 0 N–H and O–H groups in total. The molecule has 34 heavy (non-hydrogen) atoms. The minimum absolute atomic E-state index is 0.0270. The number of carboxylic acids is 1. The first-order valence-electron chi connectivity index (χ1n) is 10.2. The molecular formula is C25H15N4O3S2-. The molecule has 2 aromatic carbocycles. The molecule has 0 saturated carbocycles. The molecule has 1 aliphatic rings. The third-order valence-electron chi connectivity index (χ3n) is 5.14. The van der Waals surface area contributed by atoms with Gasteiger partial charge in [0.1, 0.15) is 5.69 Å². The Kier molecular flexibility index (Phi) is 5.79. The fraction of sp³-hybridized carbons (Fsp3) is 0. The Labute approximate surface area is 204 Å². The maximum Gasteiger partial charge on any atom is 0.270 e. The van der Waals surface area contributed by atoms with Gasteiger partial charge in [0.05, 0.1) is 22.2 Å². The summed E-state index contributed by atoms with van der Waals surface area (Å²) in [5.41, 5.74) is 3.64. The lowest BCUT2D eigenvalue weighted by molar-refractivity contribution is -0.255. The maximum atomic E-state index is 13.2. The SMILES string of the molecule is O=C([O-])c1ccc(N2C(=O)/C(=C\c3cn(-c4ccccc4)nc3-c3cccnc3)SC2=S)cc1. The van der Waals surface area contributed by atoms with E-state index in [0.717, 1.165) is 16.8 Å². The van der Waals surface area contributed by atoms with Crippen molar-refractivity contribution in [3.8, 4) is 16.9 Å². The summed E-state index contributed by atoms with van der Waals surface area (Å²) in [6, 6.07) is 19.3. The molecular weight excluding hydrogens is 468 g/mol. The summed E-state index contributed by atoms with van der Waals surface area (Å²) >= 11 is 6.63. The number of carboxylic acid groups (broad SMARTS) is 1. The quantitative estimate of drug-likeness (QED) is 0.316. The molecule has 0 radical (unpaired) electrons. The predicted octanol–water partition coefficient (Wildman–Crippen LogP) is 3.70. The van der Waals surface area contributed by atoms with Gasteiger partial charge in [0.2, 0.25) is 0 Å². The molecule has 0 aliphatic carbocycles. The van der Waals surface area contributed by atoms with Crippen LogP contribution in [0.1, 0.15) is 15.9 Å². The van der Waals surface area contributed by atoms with Gasteiger partial charge in [0, 0.05) is 29.7 Å². The van der Waals surface area contributed by atoms with E-state index in [-0.39, 0.29) is 11.5 Å². The Morgan fingerprint density at radius 1 is 1.00 bits per heavy atom. The summed E-state index contributed by atoms with van der Waals surface area (Å²) in [6.07, 6.45) is 7.04. The van der Waals surface area contributed by atoms with Crippen LogP contribution in [-0.2, 0) is 4.79 Å². The summed E-state index contributed by atoms with van der Waals surface area (Å²) in [5, 5.41) is 15.8. The molecule has 3 heterocycles. The molecule has 9 heteroatoms. The number of hydrogen-bond acceptors (Lipinski definition) is 7. The van der Waals surface area contributed by atoms with Gasteiger partial charge in [-0.05, 0) is 48.0 Å². The number of pyridine rings is 1. The predicted molar refractivity (Wildman–Crippen MR) is 133 cm³/mol. The Bertz CT molecular complexity index is 1430. The number of thioether (sulfide) groups is 1. The number of carbonyl (C=O) groups excluding carboxylic acids is 2. The largest absolute Gasteiger partial charge is 0.545 e. The van der Waals surface area contributed by atoms with Crippen LogP contribution in [0.5, 0.6) is 0 Å². The number of aromatic carboxylic acids is 1. The molecule has 2 aromatic heterocycles. The van der Waals surface area contributed by atoms with Crippen LogP contribution < -0.4 is 10.0 Å². The van der Waals surface area contributed by atoms with Crippen LogP contribution in [-0.4, -0.2) is 31.0 Å². The monoisotopic (exact) mass is 483 g/mol. The van der Waals surface area contributed by atoms with Crippen LogP contribution in [0.2, 0.25) is 0 Å². The van der Waals surface area contributed by atoms with Crippen molar-refractivity contribution >= 4 is 51.9 Å². The van der Waals surface area contributed by atoms with Gasteiger partial charge in [-0.1, -0.05) is 54.3 Å². The zero-order valence-corrected chi connectivity index (χ0v) is 19.1. The van der Waals surface area contributed by atoms with E-state index in [4.69, 9.17) is 17.3 Å². The summed E-state index contributed by atoms with van der Waals surface area (Å²) in [5.74, 6) is -1.57. The second-order valence-corrected chi connectivity index (χ2v) is 8.98. The number of benzene rings is 2. The second-order valence-electron chi connectivity index (χ2n) is 7.31. The van der Waals surface area contributed by atoms with Gasteiger partial charge in [-0.15, -0.1) is 0 Å². The minimum Gasteiger partial charge on any atom is -0.545 e. The Morgan fingerprint density at radius 3 is 2.44 bits per heavy atom. The zero-order valence-electron chi connectivity index (χ0n) is 17.5. The molecule has 166 valence electrons. The van der Waals surface area contributed by atoms with Crippen molar-refractivity contribution in [1.29, 1.82) is 0 Å². The molecule has 0 bridgehead atoms. The minimum atomic E-state index is -1.28. The van der Waals surface area contributed by atoms with Gasteiger partial charge in [0.25, 0.3) is 5.91 Å². The lowest BCUT2D eigenvalue weighted by Crippen LogP contribution is -2.28. The van der Waals surface area contributed by atoms with E-state index in [0.29, 0.717) is 20.6 Å². The van der Waals surface area contributed by atoms with E-state index >= 15 is 0 Å². The van der Waals surface area contributed by atoms with Crippen molar-refractivity contribution < 1.29 is 14.7 Å². The third-order valence-corrected chi connectivity index (χ3v) is 6.44. The number of thiocarbonyl (C=S) groups is 1. The Balaban J connectivity index is 1.54. The standard InChI is InChI=1S/C25H16N4O3S2/c30-23-21(34-25(33)29(23)20-10-8-16(9-11-20)24(31)32)13-18-15-28(19-6-2-1-3-7-19)27-22(18)17-5-4-12-26-14-17/h1-15H,(H,31,32)/p-1/b21-13+. The number of amides is 1. The van der Waals surface area contributed by atoms with E-state index in [1.807, 2.05) is 48.7 Å². The van der Waals surface area contributed by atoms with Gasteiger partial charge in [-0.25, -0.2) is 4.68 Å². The first-order chi connectivity index (χ1) is 16.5. The molecule has 1 aliphatic heterocycles. The van der Waals surface area contributed by atoms with Crippen molar-refractivity contribution in [1.82, 2.24) is 14.8 Å². The number of anilines is 1. The second kappa shape index (κ2) is 9.05. The number of para-hydroxylation sites is 1. The lowest BCUT2D eigenvalue weighted by Gasteiger charge is -2.15. The van der Waals surface area contributed by atoms with Gasteiger partial charge >= 0.3 is 0 Å². The highest BCUT2D eigenvalue weighted by Crippen LogP contribution is 2.37. The van der Waals surface area contributed by atoms with Crippen LogP contribution >= 0.6 is 24.0 Å². The van der Waals surface area contributed by atoms with Crippen molar-refractivity contribution in [2.45, 2.75) is 0 Å². The Morgan fingerprint density at radius 2 is 1.76 bits per heavy atom. The van der Waals surface area contributed by atoms with Crippen molar-refractivity contribution in [3.63, 3.8) is 0 Å². The molecule has 0 spiro atoms. The maximum absolute atomic E-state index is 13.2. The molecule has 1 saturated heterocycles. The smallest absolute Gasteiger partial charge is 0.270 e. The topological polar surface area (TPSA) is 91.2 Å². The van der Waals surface area contributed by atoms with Crippen LogP contribution in [0.3, 0.4) is 0 Å². The summed E-state index contributed by atoms with van der Waals surface area (Å²) in [7, 11) is 0. The first kappa shape index (κ1) is 21.7. The normalized spacial score (nSPS) is 14.7. The fourth-order valence-electron chi connectivity index (χ4n) is 3.51. The van der Waals surface area contributed by atoms with Gasteiger partial charge < -0.3 is 9.90 Å². The summed E-state index contributed by atoms with van der Waals surface area (Å²) in [4.78, 5) is 30.3. The lowest BCUT2D eigenvalue weighted by atomic mass is 10.1. The number of aromatic nitrogens is 3. The van der Waals surface area contributed by atoms with Crippen LogP contribution in [0, 0.1) is 0 Å². The highest BCUT2D eigenvalue weighted by atomic mass is 32.2. The molecule has 7 nitrogen and oxygen atoms in total. The number of hydrogen-bond donors (Lipinski definition) is 0. The molecule has 1 fully saturated rings. The van der Waals surface area contributed by atoms with Crippen LogP contribution in [0.4, 0.5) is 5.69 Å².